The molecule has 5 nitrogen and oxygen atoms in total. The van der Waals surface area contributed by atoms with Crippen molar-refractivity contribution >= 4 is 46.5 Å². The van der Waals surface area contributed by atoms with Gasteiger partial charge in [0.2, 0.25) is 5.91 Å². The van der Waals surface area contributed by atoms with Gasteiger partial charge in [-0.3, -0.25) is 14.4 Å². The number of Topliss-reactive ketones (excluding diaryl/α,β-unsaturated/α-hetero) is 1. The van der Waals surface area contributed by atoms with Gasteiger partial charge in [0.25, 0.3) is 0 Å². The summed E-state index contributed by atoms with van der Waals surface area (Å²) in [6, 6.07) is 11.6. The van der Waals surface area contributed by atoms with Gasteiger partial charge in [0, 0.05) is 24.2 Å². The molecule has 1 heterocycles. The fourth-order valence-corrected chi connectivity index (χ4v) is 3.17. The molecule has 140 valence electrons. The van der Waals surface area contributed by atoms with Crippen molar-refractivity contribution in [3.8, 4) is 0 Å². The van der Waals surface area contributed by atoms with Crippen molar-refractivity contribution in [2.24, 2.45) is 0 Å². The zero-order chi connectivity index (χ0) is 19.4. The Morgan fingerprint density at radius 2 is 1.78 bits per heavy atom. The highest BCUT2D eigenvalue weighted by Crippen LogP contribution is 2.23. The van der Waals surface area contributed by atoms with Gasteiger partial charge < -0.3 is 9.64 Å². The van der Waals surface area contributed by atoms with E-state index in [1.807, 2.05) is 0 Å². The third kappa shape index (κ3) is 4.87. The van der Waals surface area contributed by atoms with E-state index in [-0.39, 0.29) is 24.7 Å². The molecular weight excluding hydrogens is 389 g/mol. The Hall–Kier alpha value is -2.37. The highest BCUT2D eigenvalue weighted by atomic mass is 35.5. The number of benzene rings is 2. The second kappa shape index (κ2) is 8.55. The second-order valence-corrected chi connectivity index (χ2v) is 7.02. The summed E-state index contributed by atoms with van der Waals surface area (Å²) >= 11 is 11.7. The highest BCUT2D eigenvalue weighted by molar-refractivity contribution is 6.42. The van der Waals surface area contributed by atoms with Crippen LogP contribution in [0.25, 0.3) is 0 Å². The number of carbonyl (C=O) groups is 3. The first-order valence-corrected chi connectivity index (χ1v) is 9.23. The molecule has 1 fully saturated rings. The SMILES string of the molecule is O=C(Cc1ccc(Cl)c(Cl)c1)OCC(=O)c1ccc(N2CCCC2=O)cc1. The van der Waals surface area contributed by atoms with Gasteiger partial charge in [-0.25, -0.2) is 0 Å². The van der Waals surface area contributed by atoms with E-state index >= 15 is 0 Å². The van der Waals surface area contributed by atoms with Crippen LogP contribution >= 0.6 is 23.2 Å². The van der Waals surface area contributed by atoms with Crippen molar-refractivity contribution in [3.05, 3.63) is 63.6 Å². The molecule has 1 saturated heterocycles. The van der Waals surface area contributed by atoms with Crippen LogP contribution in [0.4, 0.5) is 5.69 Å². The summed E-state index contributed by atoms with van der Waals surface area (Å²) in [4.78, 5) is 37.6. The molecule has 7 heteroatoms. The summed E-state index contributed by atoms with van der Waals surface area (Å²) in [7, 11) is 0. The average Bonchev–Trinajstić information content (AvgIpc) is 3.09. The second-order valence-electron chi connectivity index (χ2n) is 6.20. The number of nitrogens with zero attached hydrogens (tertiary/aromatic N) is 1. The van der Waals surface area contributed by atoms with Gasteiger partial charge in [-0.1, -0.05) is 29.3 Å². The number of hydrogen-bond acceptors (Lipinski definition) is 4. The first-order chi connectivity index (χ1) is 12.9. The Morgan fingerprint density at radius 1 is 1.04 bits per heavy atom. The van der Waals surface area contributed by atoms with Crippen molar-refractivity contribution in [1.82, 2.24) is 0 Å². The van der Waals surface area contributed by atoms with Crippen molar-refractivity contribution in [3.63, 3.8) is 0 Å². The molecular formula is C20H17Cl2NO4. The van der Waals surface area contributed by atoms with E-state index in [1.165, 1.54) is 0 Å². The molecule has 0 saturated carbocycles. The van der Waals surface area contributed by atoms with Gasteiger partial charge in [-0.2, -0.15) is 0 Å². The van der Waals surface area contributed by atoms with Crippen molar-refractivity contribution in [1.29, 1.82) is 0 Å². The quantitative estimate of drug-likeness (QED) is 0.536. The molecule has 0 unspecified atom stereocenters. The standard InChI is InChI=1S/C20H17Cl2NO4/c21-16-8-3-13(10-17(16)22)11-20(26)27-12-18(24)14-4-6-15(7-5-14)23-9-1-2-19(23)25/h3-8,10H,1-2,9,11-12H2. The maximum atomic E-state index is 12.2. The van der Waals surface area contributed by atoms with Crippen LogP contribution < -0.4 is 4.90 Å². The smallest absolute Gasteiger partial charge is 0.310 e. The predicted octanol–water partition coefficient (Wildman–Crippen LogP) is 4.09. The molecule has 1 aliphatic heterocycles. The van der Waals surface area contributed by atoms with Gasteiger partial charge in [0.1, 0.15) is 0 Å². The van der Waals surface area contributed by atoms with Crippen molar-refractivity contribution < 1.29 is 19.1 Å². The summed E-state index contributed by atoms with van der Waals surface area (Å²) < 4.78 is 5.05. The van der Waals surface area contributed by atoms with E-state index in [4.69, 9.17) is 27.9 Å². The molecule has 0 atom stereocenters. The van der Waals surface area contributed by atoms with E-state index in [0.717, 1.165) is 12.1 Å². The molecule has 0 aromatic heterocycles. The Bertz CT molecular complexity index is 880. The normalized spacial score (nSPS) is 13.7. The summed E-state index contributed by atoms with van der Waals surface area (Å²) in [5, 5.41) is 0.762. The third-order valence-corrected chi connectivity index (χ3v) is 5.01. The first-order valence-electron chi connectivity index (χ1n) is 8.47. The lowest BCUT2D eigenvalue weighted by Crippen LogP contribution is -2.23. The number of esters is 1. The average molecular weight is 406 g/mol. The first kappa shape index (κ1) is 19.4. The molecule has 2 aromatic carbocycles. The van der Waals surface area contributed by atoms with Crippen LogP contribution in [0.3, 0.4) is 0 Å². The Kier molecular flexibility index (Phi) is 6.14. The minimum Gasteiger partial charge on any atom is -0.457 e. The van der Waals surface area contributed by atoms with Crippen molar-refractivity contribution in [2.45, 2.75) is 19.3 Å². The van der Waals surface area contributed by atoms with Crippen LogP contribution in [-0.4, -0.2) is 30.8 Å². The topological polar surface area (TPSA) is 63.7 Å². The summed E-state index contributed by atoms with van der Waals surface area (Å²) in [5.74, 6) is -0.747. The van der Waals surface area contributed by atoms with Gasteiger partial charge in [0.15, 0.2) is 12.4 Å². The van der Waals surface area contributed by atoms with Crippen LogP contribution in [0.15, 0.2) is 42.5 Å². The van der Waals surface area contributed by atoms with Gasteiger partial charge in [-0.15, -0.1) is 0 Å². The lowest BCUT2D eigenvalue weighted by Gasteiger charge is -2.15. The number of rotatable bonds is 6. The van der Waals surface area contributed by atoms with Crippen LogP contribution in [0.1, 0.15) is 28.8 Å². The maximum absolute atomic E-state index is 12.2. The van der Waals surface area contributed by atoms with E-state index in [1.54, 1.807) is 47.4 Å². The summed E-state index contributed by atoms with van der Waals surface area (Å²) in [6.45, 7) is 0.348. The molecule has 0 N–H and O–H groups in total. The zero-order valence-corrected chi connectivity index (χ0v) is 15.9. The molecule has 0 aliphatic carbocycles. The molecule has 1 amide bonds. The molecule has 27 heavy (non-hydrogen) atoms. The number of amides is 1. The fourth-order valence-electron chi connectivity index (χ4n) is 2.85. The maximum Gasteiger partial charge on any atom is 0.310 e. The number of ketones is 1. The number of carbonyl (C=O) groups excluding carboxylic acids is 3. The minimum atomic E-state index is -0.527. The number of hydrogen-bond donors (Lipinski definition) is 0. The van der Waals surface area contributed by atoms with Gasteiger partial charge >= 0.3 is 5.97 Å². The summed E-state index contributed by atoms with van der Waals surface area (Å²) in [5.41, 5.74) is 1.85. The Morgan fingerprint density at radius 3 is 2.41 bits per heavy atom. The number of ether oxygens (including phenoxy) is 1. The fraction of sp³-hybridized carbons (Fsp3) is 0.250. The predicted molar refractivity (Wildman–Crippen MR) is 103 cm³/mol. The highest BCUT2D eigenvalue weighted by Gasteiger charge is 2.21. The third-order valence-electron chi connectivity index (χ3n) is 4.27. The van der Waals surface area contributed by atoms with Gasteiger partial charge in [0.05, 0.1) is 16.5 Å². The van der Waals surface area contributed by atoms with Gasteiger partial charge in [-0.05, 0) is 48.4 Å². The van der Waals surface area contributed by atoms with Crippen LogP contribution in [0.2, 0.25) is 10.0 Å². The Labute approximate surface area is 166 Å². The van der Waals surface area contributed by atoms with E-state index in [9.17, 15) is 14.4 Å². The monoisotopic (exact) mass is 405 g/mol. The largest absolute Gasteiger partial charge is 0.457 e. The van der Waals surface area contributed by atoms with Crippen LogP contribution in [-0.2, 0) is 20.7 Å². The van der Waals surface area contributed by atoms with E-state index < -0.39 is 5.97 Å². The Balaban J connectivity index is 1.53. The molecule has 2 aromatic rings. The molecule has 3 rings (SSSR count). The lowest BCUT2D eigenvalue weighted by atomic mass is 10.1. The van der Waals surface area contributed by atoms with Crippen LogP contribution in [0.5, 0.6) is 0 Å². The molecule has 0 radical (unpaired) electrons. The van der Waals surface area contributed by atoms with E-state index in [2.05, 4.69) is 0 Å². The number of halogens is 2. The lowest BCUT2D eigenvalue weighted by molar-refractivity contribution is -0.141. The molecule has 0 spiro atoms. The van der Waals surface area contributed by atoms with Crippen molar-refractivity contribution in [2.75, 3.05) is 18.1 Å². The van der Waals surface area contributed by atoms with E-state index in [0.29, 0.717) is 34.1 Å². The summed E-state index contributed by atoms with van der Waals surface area (Å²) in [6.07, 6.45) is 1.39. The molecule has 1 aliphatic rings. The van der Waals surface area contributed by atoms with Crippen LogP contribution in [0, 0.1) is 0 Å². The zero-order valence-electron chi connectivity index (χ0n) is 14.4. The number of anilines is 1. The minimum absolute atomic E-state index is 0.000177. The molecule has 0 bridgehead atoms.